The van der Waals surface area contributed by atoms with Gasteiger partial charge in [0.2, 0.25) is 0 Å². The van der Waals surface area contributed by atoms with E-state index in [-0.39, 0.29) is 5.69 Å². The zero-order valence-corrected chi connectivity index (χ0v) is 14.8. The average molecular weight is 395 g/mol. The zero-order chi connectivity index (χ0) is 17.7. The molecular weight excluding hydrogens is 380 g/mol. The number of amides is 1. The minimum absolute atomic E-state index is 0.0121. The molecule has 0 saturated heterocycles. The lowest BCUT2D eigenvalue weighted by Crippen LogP contribution is -2.24. The van der Waals surface area contributed by atoms with Crippen molar-refractivity contribution in [3.63, 3.8) is 0 Å². The second-order valence-corrected chi connectivity index (χ2v) is 5.55. The number of methoxy groups -OCH3 is 2. The summed E-state index contributed by atoms with van der Waals surface area (Å²) in [5.41, 5.74) is 2.92. The molecule has 0 aliphatic heterocycles. The highest BCUT2D eigenvalue weighted by Crippen LogP contribution is 2.35. The maximum absolute atomic E-state index is 11.9. The fraction of sp³-hybridized carbons (Fsp3) is 0.200. The Kier molecular flexibility index (Phi) is 5.69. The van der Waals surface area contributed by atoms with Crippen LogP contribution in [0.25, 0.3) is 0 Å². The third-order valence-corrected chi connectivity index (χ3v) is 3.54. The summed E-state index contributed by atoms with van der Waals surface area (Å²) in [6.07, 6.45) is 1.44. The van der Waals surface area contributed by atoms with Crippen molar-refractivity contribution < 1.29 is 14.3 Å². The minimum atomic E-state index is -0.590. The van der Waals surface area contributed by atoms with Gasteiger partial charge in [0.15, 0.2) is 11.5 Å². The molecule has 0 aliphatic rings. The molecule has 2 rings (SSSR count). The number of rotatable bonds is 5. The summed E-state index contributed by atoms with van der Waals surface area (Å²) < 4.78 is 11.1. The van der Waals surface area contributed by atoms with Crippen LogP contribution in [0.2, 0.25) is 0 Å². The van der Waals surface area contributed by atoms with E-state index in [0.717, 1.165) is 0 Å². The van der Waals surface area contributed by atoms with Crippen molar-refractivity contribution in [1.82, 2.24) is 15.4 Å². The van der Waals surface area contributed by atoms with E-state index in [1.807, 2.05) is 0 Å². The topological polar surface area (TPSA) is 106 Å². The molecule has 1 aromatic heterocycles. The number of halogens is 1. The van der Waals surface area contributed by atoms with Crippen LogP contribution in [0.1, 0.15) is 21.7 Å². The number of aromatic amines is 1. The van der Waals surface area contributed by atoms with E-state index in [4.69, 9.17) is 9.47 Å². The number of benzene rings is 1. The van der Waals surface area contributed by atoms with Gasteiger partial charge in [-0.05, 0) is 46.6 Å². The van der Waals surface area contributed by atoms with Crippen LogP contribution in [0.15, 0.2) is 32.6 Å². The summed E-state index contributed by atoms with van der Waals surface area (Å²) in [5, 5.41) is 3.86. The van der Waals surface area contributed by atoms with Crippen molar-refractivity contribution in [3.05, 3.63) is 50.1 Å². The number of hydrogen-bond donors (Lipinski definition) is 2. The molecule has 2 N–H and O–H groups in total. The van der Waals surface area contributed by atoms with Gasteiger partial charge in [0, 0.05) is 5.69 Å². The minimum Gasteiger partial charge on any atom is -0.493 e. The van der Waals surface area contributed by atoms with Crippen LogP contribution in [-0.2, 0) is 0 Å². The molecule has 2 aromatic rings. The summed E-state index contributed by atoms with van der Waals surface area (Å²) in [6.45, 7) is 1.66. The molecule has 0 fully saturated rings. The summed E-state index contributed by atoms with van der Waals surface area (Å²) in [5.74, 6) is 0.494. The second-order valence-electron chi connectivity index (χ2n) is 4.69. The molecule has 0 spiro atoms. The van der Waals surface area contributed by atoms with Gasteiger partial charge in [-0.1, -0.05) is 0 Å². The number of carbonyl (C=O) groups is 1. The van der Waals surface area contributed by atoms with Gasteiger partial charge >= 0.3 is 5.69 Å². The van der Waals surface area contributed by atoms with Gasteiger partial charge in [-0.25, -0.2) is 10.2 Å². The molecule has 0 atom stereocenters. The van der Waals surface area contributed by atoms with Gasteiger partial charge in [-0.15, -0.1) is 0 Å². The van der Waals surface area contributed by atoms with Crippen molar-refractivity contribution in [3.8, 4) is 11.5 Å². The number of hydrogen-bond acceptors (Lipinski definition) is 6. The Balaban J connectivity index is 2.15. The molecule has 24 heavy (non-hydrogen) atoms. The second kappa shape index (κ2) is 7.73. The lowest BCUT2D eigenvalue weighted by Gasteiger charge is -2.10. The van der Waals surface area contributed by atoms with Crippen molar-refractivity contribution >= 4 is 28.1 Å². The van der Waals surface area contributed by atoms with Gasteiger partial charge in [-0.3, -0.25) is 4.79 Å². The van der Waals surface area contributed by atoms with Crippen LogP contribution in [0, 0.1) is 6.92 Å². The van der Waals surface area contributed by atoms with Gasteiger partial charge < -0.3 is 14.5 Å². The largest absolute Gasteiger partial charge is 0.493 e. The Morgan fingerprint density at radius 3 is 2.71 bits per heavy atom. The number of aromatic nitrogens is 2. The molecule has 1 heterocycles. The van der Waals surface area contributed by atoms with Gasteiger partial charge in [0.1, 0.15) is 5.69 Å². The van der Waals surface area contributed by atoms with Crippen LogP contribution in [0.3, 0.4) is 0 Å². The highest BCUT2D eigenvalue weighted by Gasteiger charge is 2.10. The van der Waals surface area contributed by atoms with Crippen molar-refractivity contribution in [1.29, 1.82) is 0 Å². The fourth-order valence-electron chi connectivity index (χ4n) is 1.93. The number of carbonyl (C=O) groups excluding carboxylic acids is 1. The zero-order valence-electron chi connectivity index (χ0n) is 13.2. The predicted octanol–water partition coefficient (Wildman–Crippen LogP) is 1.62. The maximum Gasteiger partial charge on any atom is 0.345 e. The molecule has 0 saturated carbocycles. The SMILES string of the molecule is COc1cc(/C=N/NC(=O)c2cc(C)[nH]c(=O)n2)cc(Br)c1OC. The Morgan fingerprint density at radius 1 is 1.33 bits per heavy atom. The molecule has 1 aromatic carbocycles. The lowest BCUT2D eigenvalue weighted by molar-refractivity contribution is 0.0949. The van der Waals surface area contributed by atoms with E-state index in [2.05, 4.69) is 36.4 Å². The number of hydrazone groups is 1. The third-order valence-electron chi connectivity index (χ3n) is 2.95. The van der Waals surface area contributed by atoms with E-state index in [1.165, 1.54) is 26.5 Å². The first-order chi connectivity index (χ1) is 11.4. The van der Waals surface area contributed by atoms with Gasteiger partial charge in [0.05, 0.1) is 24.9 Å². The number of aryl methyl sites for hydroxylation is 1. The molecule has 1 amide bonds. The molecule has 126 valence electrons. The Labute approximate surface area is 146 Å². The fourth-order valence-corrected chi connectivity index (χ4v) is 2.55. The van der Waals surface area contributed by atoms with Crippen molar-refractivity contribution in [2.24, 2.45) is 5.10 Å². The Bertz CT molecular complexity index is 848. The predicted molar refractivity (Wildman–Crippen MR) is 91.9 cm³/mol. The van der Waals surface area contributed by atoms with E-state index >= 15 is 0 Å². The van der Waals surface area contributed by atoms with Crippen LogP contribution in [0.4, 0.5) is 0 Å². The lowest BCUT2D eigenvalue weighted by atomic mass is 10.2. The maximum atomic E-state index is 11.9. The first-order valence-electron chi connectivity index (χ1n) is 6.77. The number of H-pyrrole nitrogens is 1. The van der Waals surface area contributed by atoms with E-state index in [0.29, 0.717) is 27.2 Å². The third kappa shape index (κ3) is 4.19. The molecule has 9 heteroatoms. The highest BCUT2D eigenvalue weighted by atomic mass is 79.9. The molecule has 0 bridgehead atoms. The van der Waals surface area contributed by atoms with Crippen molar-refractivity contribution in [2.45, 2.75) is 6.92 Å². The summed E-state index contributed by atoms with van der Waals surface area (Å²) in [4.78, 5) is 29.2. The molecule has 0 aliphatic carbocycles. The van der Waals surface area contributed by atoms with Crippen LogP contribution in [-0.4, -0.2) is 36.3 Å². The van der Waals surface area contributed by atoms with Crippen molar-refractivity contribution in [2.75, 3.05) is 14.2 Å². The summed E-state index contributed by atoms with van der Waals surface area (Å²) in [7, 11) is 3.06. The normalized spacial score (nSPS) is 10.7. The van der Waals surface area contributed by atoms with E-state index in [1.54, 1.807) is 19.1 Å². The number of ether oxygens (including phenoxy) is 2. The summed E-state index contributed by atoms with van der Waals surface area (Å²) in [6, 6.07) is 4.92. The van der Waals surface area contributed by atoms with Crippen LogP contribution in [0.5, 0.6) is 11.5 Å². The molecule has 0 unspecified atom stereocenters. The number of nitrogens with zero attached hydrogens (tertiary/aromatic N) is 2. The monoisotopic (exact) mass is 394 g/mol. The smallest absolute Gasteiger partial charge is 0.345 e. The molecule has 8 nitrogen and oxygen atoms in total. The first-order valence-corrected chi connectivity index (χ1v) is 7.56. The van der Waals surface area contributed by atoms with Gasteiger partial charge in [0.25, 0.3) is 5.91 Å². The van der Waals surface area contributed by atoms with E-state index in [9.17, 15) is 9.59 Å². The average Bonchev–Trinajstić information content (AvgIpc) is 2.53. The van der Waals surface area contributed by atoms with Crippen LogP contribution < -0.4 is 20.6 Å². The molecular formula is C15H15BrN4O4. The van der Waals surface area contributed by atoms with E-state index < -0.39 is 11.6 Å². The highest BCUT2D eigenvalue weighted by molar-refractivity contribution is 9.10. The number of nitrogens with one attached hydrogen (secondary N) is 2. The Hall–Kier alpha value is -2.68. The molecule has 0 radical (unpaired) electrons. The first kappa shape index (κ1) is 17.7. The standard InChI is InChI=1S/C15H15BrN4O4/c1-8-4-11(19-15(22)18-8)14(21)20-17-7-9-5-10(16)13(24-3)12(6-9)23-2/h4-7H,1-3H3,(H,20,21)(H,18,19,22)/b17-7+. The quantitative estimate of drug-likeness (QED) is 0.591. The van der Waals surface area contributed by atoms with Crippen LogP contribution >= 0.6 is 15.9 Å². The Morgan fingerprint density at radius 2 is 2.08 bits per heavy atom. The van der Waals surface area contributed by atoms with Gasteiger partial charge in [-0.2, -0.15) is 10.1 Å². The summed E-state index contributed by atoms with van der Waals surface area (Å²) >= 11 is 3.37.